The van der Waals surface area contributed by atoms with Crippen molar-refractivity contribution in [1.29, 1.82) is 0 Å². The molecule has 1 aliphatic heterocycles. The van der Waals surface area contributed by atoms with Crippen LogP contribution in [-0.4, -0.2) is 48.3 Å². The monoisotopic (exact) mass is 240 g/mol. The normalized spacial score (nSPS) is 30.4. The highest BCUT2D eigenvalue weighted by Gasteiger charge is 2.29. The fourth-order valence-electron chi connectivity index (χ4n) is 3.26. The summed E-state index contributed by atoms with van der Waals surface area (Å²) in [5, 5.41) is 13.9. The Labute approximate surface area is 106 Å². The first-order valence-electron chi connectivity index (χ1n) is 7.33. The van der Waals surface area contributed by atoms with Gasteiger partial charge in [-0.3, -0.25) is 0 Å². The van der Waals surface area contributed by atoms with Gasteiger partial charge < -0.3 is 15.3 Å². The first-order valence-corrected chi connectivity index (χ1v) is 7.33. The Morgan fingerprint density at radius 1 is 1.18 bits per heavy atom. The van der Waals surface area contributed by atoms with Crippen molar-refractivity contribution in [1.82, 2.24) is 10.2 Å². The van der Waals surface area contributed by atoms with E-state index >= 15 is 0 Å². The maximum Gasteiger partial charge on any atom is 0.0771 e. The van der Waals surface area contributed by atoms with Gasteiger partial charge in [-0.25, -0.2) is 0 Å². The van der Waals surface area contributed by atoms with Gasteiger partial charge in [0.25, 0.3) is 0 Å². The van der Waals surface area contributed by atoms with Gasteiger partial charge in [0.2, 0.25) is 0 Å². The van der Waals surface area contributed by atoms with Crippen molar-refractivity contribution >= 4 is 0 Å². The molecule has 0 bridgehead atoms. The highest BCUT2D eigenvalue weighted by atomic mass is 16.3. The van der Waals surface area contributed by atoms with Crippen LogP contribution in [0.5, 0.6) is 0 Å². The summed E-state index contributed by atoms with van der Waals surface area (Å²) in [5.41, 5.74) is -0.411. The van der Waals surface area contributed by atoms with E-state index in [0.717, 1.165) is 25.9 Å². The minimum atomic E-state index is -0.411. The van der Waals surface area contributed by atoms with E-state index in [9.17, 15) is 5.11 Å². The van der Waals surface area contributed by atoms with Crippen LogP contribution in [0.4, 0.5) is 0 Å². The summed E-state index contributed by atoms with van der Waals surface area (Å²) in [4.78, 5) is 2.46. The average Bonchev–Trinajstić information content (AvgIpc) is 2.32. The van der Waals surface area contributed by atoms with Crippen LogP contribution in [0.15, 0.2) is 0 Å². The molecule has 0 aromatic heterocycles. The third-order valence-electron chi connectivity index (χ3n) is 4.54. The molecular formula is C14H28N2O. The summed E-state index contributed by atoms with van der Waals surface area (Å²) in [6.45, 7) is 3.06. The third-order valence-corrected chi connectivity index (χ3v) is 4.54. The van der Waals surface area contributed by atoms with E-state index in [1.165, 1.54) is 45.1 Å². The van der Waals surface area contributed by atoms with Crippen molar-refractivity contribution in [2.75, 3.05) is 26.7 Å². The molecule has 0 amide bonds. The number of hydrogen-bond donors (Lipinski definition) is 2. The van der Waals surface area contributed by atoms with Crippen molar-refractivity contribution in [3.8, 4) is 0 Å². The fourth-order valence-corrected chi connectivity index (χ4v) is 3.26. The zero-order valence-corrected chi connectivity index (χ0v) is 11.2. The Morgan fingerprint density at radius 2 is 1.94 bits per heavy atom. The predicted molar refractivity (Wildman–Crippen MR) is 71.2 cm³/mol. The molecule has 3 heteroatoms. The van der Waals surface area contributed by atoms with Gasteiger partial charge in [-0.1, -0.05) is 25.7 Å². The van der Waals surface area contributed by atoms with E-state index in [4.69, 9.17) is 0 Å². The van der Waals surface area contributed by atoms with Crippen molar-refractivity contribution in [2.24, 2.45) is 0 Å². The number of piperidine rings is 1. The highest BCUT2D eigenvalue weighted by molar-refractivity contribution is 4.85. The summed E-state index contributed by atoms with van der Waals surface area (Å²) >= 11 is 0. The number of likely N-dealkylation sites (tertiary alicyclic amines) is 1. The van der Waals surface area contributed by atoms with Gasteiger partial charge in [0.05, 0.1) is 5.60 Å². The molecule has 0 spiro atoms. The second kappa shape index (κ2) is 6.17. The molecule has 1 saturated heterocycles. The van der Waals surface area contributed by atoms with Crippen molar-refractivity contribution < 1.29 is 5.11 Å². The highest BCUT2D eigenvalue weighted by Crippen LogP contribution is 2.27. The van der Waals surface area contributed by atoms with E-state index in [0.29, 0.717) is 6.04 Å². The zero-order chi connectivity index (χ0) is 12.1. The summed E-state index contributed by atoms with van der Waals surface area (Å²) in [6.07, 6.45) is 9.68. The van der Waals surface area contributed by atoms with Gasteiger partial charge in [0, 0.05) is 19.1 Å². The molecule has 2 rings (SSSR count). The molecule has 2 fully saturated rings. The lowest BCUT2D eigenvalue weighted by Crippen LogP contribution is -2.48. The van der Waals surface area contributed by atoms with E-state index in [-0.39, 0.29) is 0 Å². The topological polar surface area (TPSA) is 35.5 Å². The van der Waals surface area contributed by atoms with Crippen molar-refractivity contribution in [3.05, 3.63) is 0 Å². The molecule has 100 valence electrons. The van der Waals surface area contributed by atoms with Crippen LogP contribution < -0.4 is 5.32 Å². The number of nitrogens with zero attached hydrogens (tertiary/aromatic N) is 1. The van der Waals surface area contributed by atoms with E-state index in [2.05, 4.69) is 17.3 Å². The van der Waals surface area contributed by atoms with Gasteiger partial charge in [-0.05, 0) is 39.3 Å². The second-order valence-corrected chi connectivity index (χ2v) is 6.05. The maximum atomic E-state index is 10.4. The number of nitrogens with one attached hydrogen (secondary N) is 1. The lowest BCUT2D eigenvalue weighted by atomic mass is 9.85. The van der Waals surface area contributed by atoms with Crippen LogP contribution in [0, 0.1) is 0 Å². The molecule has 0 aromatic carbocycles. The number of likely N-dealkylation sites (N-methyl/N-ethyl adjacent to an activating group) is 1. The van der Waals surface area contributed by atoms with Crippen LogP contribution in [-0.2, 0) is 0 Å². The Kier molecular flexibility index (Phi) is 4.83. The number of aliphatic hydroxyl groups is 1. The summed E-state index contributed by atoms with van der Waals surface area (Å²) in [6, 6.07) is 0.677. The summed E-state index contributed by atoms with van der Waals surface area (Å²) in [5.74, 6) is 0. The molecule has 0 aromatic rings. The molecule has 1 unspecified atom stereocenters. The zero-order valence-electron chi connectivity index (χ0n) is 11.2. The van der Waals surface area contributed by atoms with Crippen LogP contribution in [0.25, 0.3) is 0 Å². The minimum absolute atomic E-state index is 0.411. The van der Waals surface area contributed by atoms with E-state index < -0.39 is 5.60 Å². The van der Waals surface area contributed by atoms with Crippen molar-refractivity contribution in [3.63, 3.8) is 0 Å². The quantitative estimate of drug-likeness (QED) is 0.786. The van der Waals surface area contributed by atoms with Crippen LogP contribution in [0.1, 0.15) is 51.4 Å². The van der Waals surface area contributed by atoms with Crippen LogP contribution in [0.2, 0.25) is 0 Å². The molecule has 1 saturated carbocycles. The molecule has 1 aliphatic carbocycles. The Hall–Kier alpha value is -0.120. The molecular weight excluding hydrogens is 212 g/mol. The Morgan fingerprint density at radius 3 is 2.65 bits per heavy atom. The first kappa shape index (κ1) is 13.3. The SMILES string of the molecule is CN1CCCCC1CNCC1(O)CCCCC1. The first-order chi connectivity index (χ1) is 8.20. The number of hydrogen-bond acceptors (Lipinski definition) is 3. The van der Waals surface area contributed by atoms with Gasteiger partial charge in [-0.15, -0.1) is 0 Å². The molecule has 1 heterocycles. The van der Waals surface area contributed by atoms with Gasteiger partial charge in [0.15, 0.2) is 0 Å². The Balaban J connectivity index is 1.67. The second-order valence-electron chi connectivity index (χ2n) is 6.05. The predicted octanol–water partition coefficient (Wildman–Crippen LogP) is 1.76. The minimum Gasteiger partial charge on any atom is -0.389 e. The summed E-state index contributed by atoms with van der Waals surface area (Å²) in [7, 11) is 2.22. The van der Waals surface area contributed by atoms with E-state index in [1.54, 1.807) is 0 Å². The van der Waals surface area contributed by atoms with E-state index in [1.807, 2.05) is 0 Å². The smallest absolute Gasteiger partial charge is 0.0771 e. The fraction of sp³-hybridized carbons (Fsp3) is 1.00. The lowest BCUT2D eigenvalue weighted by Gasteiger charge is -2.35. The molecule has 2 aliphatic rings. The Bertz CT molecular complexity index is 226. The van der Waals surface area contributed by atoms with Crippen LogP contribution >= 0.6 is 0 Å². The largest absolute Gasteiger partial charge is 0.389 e. The van der Waals surface area contributed by atoms with Gasteiger partial charge >= 0.3 is 0 Å². The summed E-state index contributed by atoms with van der Waals surface area (Å²) < 4.78 is 0. The average molecular weight is 240 g/mol. The number of rotatable bonds is 4. The lowest BCUT2D eigenvalue weighted by molar-refractivity contribution is 0.00333. The molecule has 0 radical (unpaired) electrons. The van der Waals surface area contributed by atoms with Crippen molar-refractivity contribution in [2.45, 2.75) is 63.0 Å². The standard InChI is InChI=1S/C14H28N2O/c1-16-10-6-3-7-13(16)11-15-12-14(17)8-4-2-5-9-14/h13,15,17H,2-12H2,1H3. The van der Waals surface area contributed by atoms with Gasteiger partial charge in [-0.2, -0.15) is 0 Å². The van der Waals surface area contributed by atoms with Crippen LogP contribution in [0.3, 0.4) is 0 Å². The molecule has 3 nitrogen and oxygen atoms in total. The third kappa shape index (κ3) is 3.94. The maximum absolute atomic E-state index is 10.4. The molecule has 1 atom stereocenters. The molecule has 17 heavy (non-hydrogen) atoms. The van der Waals surface area contributed by atoms with Gasteiger partial charge in [0.1, 0.15) is 0 Å². The molecule has 2 N–H and O–H groups in total.